The molecule has 0 aliphatic carbocycles. The van der Waals surface area contributed by atoms with Crippen LogP contribution < -0.4 is 10.5 Å². The normalized spacial score (nSPS) is 11.3. The van der Waals surface area contributed by atoms with Crippen LogP contribution in [0.2, 0.25) is 5.02 Å². The van der Waals surface area contributed by atoms with Crippen LogP contribution in [0, 0.1) is 13.8 Å². The summed E-state index contributed by atoms with van der Waals surface area (Å²) in [4.78, 5) is -0.0207. The third kappa shape index (κ3) is 2.89. The number of nitrogens with one attached hydrogen (secondary N) is 1. The number of rotatable bonds is 3. The van der Waals surface area contributed by atoms with Gasteiger partial charge in [0.1, 0.15) is 4.90 Å². The second kappa shape index (κ2) is 5.34. The summed E-state index contributed by atoms with van der Waals surface area (Å²) in [6.07, 6.45) is 0. The lowest BCUT2D eigenvalue weighted by Crippen LogP contribution is -2.16. The van der Waals surface area contributed by atoms with Crippen LogP contribution >= 0.6 is 11.6 Å². The molecule has 0 bridgehead atoms. The standard InChI is InChI=1S/C14H15ClN2O2S/c1-9-4-3-5-10(2)14(9)17-20(18,19)13-8-11(15)6-7-12(13)16/h3-8,17H,16H2,1-2H3. The molecule has 0 radical (unpaired) electrons. The van der Waals surface area contributed by atoms with Gasteiger partial charge in [-0.25, -0.2) is 8.42 Å². The molecule has 0 amide bonds. The Labute approximate surface area is 123 Å². The highest BCUT2D eigenvalue weighted by molar-refractivity contribution is 7.92. The minimum absolute atomic E-state index is 0.0207. The van der Waals surface area contributed by atoms with Crippen LogP contribution in [-0.4, -0.2) is 8.42 Å². The van der Waals surface area contributed by atoms with Gasteiger partial charge in [0.15, 0.2) is 0 Å². The lowest BCUT2D eigenvalue weighted by molar-refractivity contribution is 0.601. The van der Waals surface area contributed by atoms with Gasteiger partial charge >= 0.3 is 0 Å². The van der Waals surface area contributed by atoms with E-state index in [-0.39, 0.29) is 10.6 Å². The number of nitrogens with two attached hydrogens (primary N) is 1. The molecule has 0 atom stereocenters. The summed E-state index contributed by atoms with van der Waals surface area (Å²) < 4.78 is 27.4. The smallest absolute Gasteiger partial charge is 0.264 e. The van der Waals surface area contributed by atoms with E-state index in [2.05, 4.69) is 4.72 Å². The molecule has 0 aliphatic rings. The first kappa shape index (κ1) is 14.7. The lowest BCUT2D eigenvalue weighted by Gasteiger charge is -2.14. The molecule has 2 rings (SSSR count). The van der Waals surface area contributed by atoms with Crippen LogP contribution in [0.5, 0.6) is 0 Å². The molecule has 0 saturated heterocycles. The van der Waals surface area contributed by atoms with E-state index in [1.165, 1.54) is 12.1 Å². The summed E-state index contributed by atoms with van der Waals surface area (Å²) >= 11 is 5.84. The first-order valence-electron chi connectivity index (χ1n) is 5.95. The average molecular weight is 311 g/mol. The molecule has 0 fully saturated rings. The van der Waals surface area contributed by atoms with Crippen molar-refractivity contribution >= 4 is 33.0 Å². The number of anilines is 2. The number of hydrogen-bond acceptors (Lipinski definition) is 3. The van der Waals surface area contributed by atoms with E-state index in [0.29, 0.717) is 10.7 Å². The van der Waals surface area contributed by atoms with Gasteiger partial charge in [-0.1, -0.05) is 29.8 Å². The summed E-state index contributed by atoms with van der Waals surface area (Å²) in [6.45, 7) is 3.68. The fraction of sp³-hybridized carbons (Fsp3) is 0.143. The monoisotopic (exact) mass is 310 g/mol. The van der Waals surface area contributed by atoms with Crippen molar-refractivity contribution in [3.05, 3.63) is 52.5 Å². The number of benzene rings is 2. The Balaban J connectivity index is 2.49. The van der Waals surface area contributed by atoms with Gasteiger partial charge in [-0.05, 0) is 43.2 Å². The molecule has 20 heavy (non-hydrogen) atoms. The maximum atomic E-state index is 12.4. The number of para-hydroxylation sites is 1. The maximum absolute atomic E-state index is 12.4. The molecule has 4 nitrogen and oxygen atoms in total. The summed E-state index contributed by atoms with van der Waals surface area (Å²) in [7, 11) is -3.77. The van der Waals surface area contributed by atoms with E-state index >= 15 is 0 Å². The molecule has 106 valence electrons. The Morgan fingerprint density at radius 1 is 1.10 bits per heavy atom. The molecule has 3 N–H and O–H groups in total. The fourth-order valence-corrected chi connectivity index (χ4v) is 3.50. The lowest BCUT2D eigenvalue weighted by atomic mass is 10.1. The van der Waals surface area contributed by atoms with E-state index in [1.54, 1.807) is 6.07 Å². The van der Waals surface area contributed by atoms with E-state index in [9.17, 15) is 8.42 Å². The quantitative estimate of drug-likeness (QED) is 0.854. The summed E-state index contributed by atoms with van der Waals surface area (Å²) in [6, 6.07) is 9.91. The number of nitrogen functional groups attached to an aromatic ring is 1. The van der Waals surface area contributed by atoms with Gasteiger partial charge in [-0.3, -0.25) is 4.72 Å². The average Bonchev–Trinajstić information content (AvgIpc) is 2.37. The number of aryl methyl sites for hydroxylation is 2. The van der Waals surface area contributed by atoms with Crippen molar-refractivity contribution in [2.45, 2.75) is 18.7 Å². The minimum Gasteiger partial charge on any atom is -0.398 e. The van der Waals surface area contributed by atoms with E-state index in [4.69, 9.17) is 17.3 Å². The molecule has 6 heteroatoms. The van der Waals surface area contributed by atoms with Crippen LogP contribution in [-0.2, 0) is 10.0 Å². The van der Waals surface area contributed by atoms with Gasteiger partial charge in [0, 0.05) is 5.02 Å². The fourth-order valence-electron chi connectivity index (χ4n) is 1.91. The summed E-state index contributed by atoms with van der Waals surface area (Å²) in [5.41, 5.74) is 8.13. The molecular weight excluding hydrogens is 296 g/mol. The van der Waals surface area contributed by atoms with Crippen molar-refractivity contribution in [3.8, 4) is 0 Å². The van der Waals surface area contributed by atoms with Crippen molar-refractivity contribution in [1.29, 1.82) is 0 Å². The third-order valence-corrected chi connectivity index (χ3v) is 4.62. The molecule has 2 aromatic carbocycles. The number of hydrogen-bond donors (Lipinski definition) is 2. The highest BCUT2D eigenvalue weighted by Gasteiger charge is 2.19. The van der Waals surface area contributed by atoms with E-state index in [1.807, 2.05) is 32.0 Å². The molecule has 2 aromatic rings. The first-order valence-corrected chi connectivity index (χ1v) is 7.81. The highest BCUT2D eigenvalue weighted by atomic mass is 35.5. The topological polar surface area (TPSA) is 72.2 Å². The molecule has 0 spiro atoms. The van der Waals surface area contributed by atoms with Crippen molar-refractivity contribution in [2.24, 2.45) is 0 Å². The number of halogens is 1. The second-order valence-corrected chi connectivity index (χ2v) is 6.64. The van der Waals surface area contributed by atoms with Crippen molar-refractivity contribution in [3.63, 3.8) is 0 Å². The van der Waals surface area contributed by atoms with Crippen molar-refractivity contribution < 1.29 is 8.42 Å². The van der Waals surface area contributed by atoms with Crippen LogP contribution in [0.25, 0.3) is 0 Å². The third-order valence-electron chi connectivity index (χ3n) is 2.98. The Morgan fingerprint density at radius 3 is 2.30 bits per heavy atom. The van der Waals surface area contributed by atoms with Gasteiger partial charge in [0.2, 0.25) is 0 Å². The van der Waals surface area contributed by atoms with Crippen LogP contribution in [0.3, 0.4) is 0 Å². The van der Waals surface area contributed by atoms with Gasteiger partial charge in [0.25, 0.3) is 10.0 Å². The summed E-state index contributed by atoms with van der Waals surface area (Å²) in [5, 5.41) is 0.320. The van der Waals surface area contributed by atoms with E-state index in [0.717, 1.165) is 11.1 Å². The largest absolute Gasteiger partial charge is 0.398 e. The zero-order valence-corrected chi connectivity index (χ0v) is 12.7. The Morgan fingerprint density at radius 2 is 1.70 bits per heavy atom. The van der Waals surface area contributed by atoms with Crippen molar-refractivity contribution in [2.75, 3.05) is 10.5 Å². The van der Waals surface area contributed by atoms with Crippen LogP contribution in [0.15, 0.2) is 41.3 Å². The van der Waals surface area contributed by atoms with Crippen molar-refractivity contribution in [1.82, 2.24) is 0 Å². The predicted octanol–water partition coefficient (Wildman–Crippen LogP) is 3.34. The van der Waals surface area contributed by atoms with Crippen LogP contribution in [0.1, 0.15) is 11.1 Å². The van der Waals surface area contributed by atoms with Gasteiger partial charge in [0.05, 0.1) is 11.4 Å². The highest BCUT2D eigenvalue weighted by Crippen LogP contribution is 2.27. The predicted molar refractivity (Wildman–Crippen MR) is 82.6 cm³/mol. The molecule has 0 unspecified atom stereocenters. The molecule has 0 saturated carbocycles. The number of sulfonamides is 1. The summed E-state index contributed by atoms with van der Waals surface area (Å²) in [5.74, 6) is 0. The molecule has 0 aromatic heterocycles. The van der Waals surface area contributed by atoms with Gasteiger partial charge in [-0.2, -0.15) is 0 Å². The Hall–Kier alpha value is -1.72. The maximum Gasteiger partial charge on any atom is 0.264 e. The van der Waals surface area contributed by atoms with Crippen LogP contribution in [0.4, 0.5) is 11.4 Å². The first-order chi connectivity index (χ1) is 9.31. The van der Waals surface area contributed by atoms with E-state index < -0.39 is 10.0 Å². The Kier molecular flexibility index (Phi) is 3.92. The minimum atomic E-state index is -3.77. The van der Waals surface area contributed by atoms with Gasteiger partial charge < -0.3 is 5.73 Å². The molecule has 0 heterocycles. The zero-order valence-electron chi connectivity index (χ0n) is 11.1. The second-order valence-electron chi connectivity index (χ2n) is 4.55. The van der Waals surface area contributed by atoms with Gasteiger partial charge in [-0.15, -0.1) is 0 Å². The Bertz CT molecular complexity index is 738. The molecule has 0 aliphatic heterocycles. The molecular formula is C14H15ClN2O2S. The zero-order chi connectivity index (χ0) is 14.9. The SMILES string of the molecule is Cc1cccc(C)c1NS(=O)(=O)c1cc(Cl)ccc1N.